The van der Waals surface area contributed by atoms with E-state index >= 15 is 0 Å². The van der Waals surface area contributed by atoms with E-state index in [1.54, 1.807) is 18.2 Å². The zero-order valence-corrected chi connectivity index (χ0v) is 7.12. The van der Waals surface area contributed by atoms with Crippen molar-refractivity contribution in [1.82, 2.24) is 15.0 Å². The Labute approximate surface area is 79.8 Å². The first-order chi connectivity index (χ1) is 6.81. The fourth-order valence-electron chi connectivity index (χ4n) is 1.13. The molecule has 5 heteroatoms. The number of hydrogen-bond donors (Lipinski definition) is 1. The minimum atomic E-state index is 0.127. The average Bonchev–Trinajstić information content (AvgIpc) is 2.65. The maximum atomic E-state index is 9.23. The molecule has 0 spiro atoms. The lowest BCUT2D eigenvalue weighted by Gasteiger charge is -2.00. The van der Waals surface area contributed by atoms with Gasteiger partial charge in [0, 0.05) is 6.07 Å². The van der Waals surface area contributed by atoms with Gasteiger partial charge < -0.3 is 5.11 Å². The number of nitrogens with zero attached hydrogens (tertiary/aromatic N) is 4. The number of nitriles is 1. The lowest BCUT2D eigenvalue weighted by atomic mass is 10.3. The third-order valence-electron chi connectivity index (χ3n) is 1.74. The molecular weight excluding hydrogens is 180 g/mol. The molecule has 2 aromatic rings. The molecule has 0 amide bonds. The highest BCUT2D eigenvalue weighted by atomic mass is 16.3. The highest BCUT2D eigenvalue weighted by Gasteiger charge is 2.04. The molecule has 1 aromatic heterocycles. The van der Waals surface area contributed by atoms with Crippen LogP contribution in [-0.2, 0) is 0 Å². The molecule has 0 fully saturated rings. The van der Waals surface area contributed by atoms with Crippen molar-refractivity contribution < 1.29 is 5.11 Å². The number of hydrogen-bond acceptors (Lipinski definition) is 4. The van der Waals surface area contributed by atoms with Gasteiger partial charge in [-0.15, -0.1) is 5.10 Å². The van der Waals surface area contributed by atoms with E-state index < -0.39 is 0 Å². The van der Waals surface area contributed by atoms with E-state index in [0.717, 1.165) is 0 Å². The molecule has 0 saturated carbocycles. The summed E-state index contributed by atoms with van der Waals surface area (Å²) in [6, 6.07) is 8.41. The highest BCUT2D eigenvalue weighted by Crippen LogP contribution is 2.15. The van der Waals surface area contributed by atoms with Crippen LogP contribution in [0.5, 0.6) is 5.75 Å². The van der Waals surface area contributed by atoms with Crippen LogP contribution in [0.1, 0.15) is 5.69 Å². The minimum Gasteiger partial charge on any atom is -0.508 e. The van der Waals surface area contributed by atoms with Gasteiger partial charge in [0.15, 0.2) is 5.69 Å². The van der Waals surface area contributed by atoms with Crippen molar-refractivity contribution in [3.8, 4) is 17.5 Å². The zero-order valence-electron chi connectivity index (χ0n) is 7.12. The second-order valence-corrected chi connectivity index (χ2v) is 2.66. The predicted molar refractivity (Wildman–Crippen MR) is 47.7 cm³/mol. The summed E-state index contributed by atoms with van der Waals surface area (Å²) < 4.78 is 1.36. The van der Waals surface area contributed by atoms with Crippen LogP contribution in [0, 0.1) is 11.3 Å². The van der Waals surface area contributed by atoms with Crippen LogP contribution in [0.25, 0.3) is 5.69 Å². The molecule has 0 radical (unpaired) electrons. The van der Waals surface area contributed by atoms with Crippen LogP contribution < -0.4 is 0 Å². The predicted octanol–water partition coefficient (Wildman–Crippen LogP) is 0.845. The maximum absolute atomic E-state index is 9.23. The quantitative estimate of drug-likeness (QED) is 0.716. The van der Waals surface area contributed by atoms with Crippen LogP contribution in [-0.4, -0.2) is 20.1 Å². The Morgan fingerprint density at radius 3 is 3.00 bits per heavy atom. The number of aromatic nitrogens is 3. The van der Waals surface area contributed by atoms with E-state index in [-0.39, 0.29) is 5.75 Å². The van der Waals surface area contributed by atoms with Gasteiger partial charge in [-0.1, -0.05) is 11.3 Å². The Kier molecular flexibility index (Phi) is 1.88. The summed E-state index contributed by atoms with van der Waals surface area (Å²) in [7, 11) is 0. The summed E-state index contributed by atoms with van der Waals surface area (Å²) in [5, 5.41) is 25.3. The summed E-state index contributed by atoms with van der Waals surface area (Å²) in [6.45, 7) is 0. The number of aromatic hydroxyl groups is 1. The molecule has 68 valence electrons. The molecule has 1 N–H and O–H groups in total. The SMILES string of the molecule is N#Cc1cnnn1-c1cccc(O)c1. The standard InChI is InChI=1S/C9H6N4O/c10-5-8-6-11-12-13(8)7-2-1-3-9(14)4-7/h1-4,6,14H. The van der Waals surface area contributed by atoms with Crippen molar-refractivity contribution in [3.63, 3.8) is 0 Å². The number of phenolic OH excluding ortho intramolecular Hbond substituents is 1. The van der Waals surface area contributed by atoms with Crippen molar-refractivity contribution in [1.29, 1.82) is 5.26 Å². The lowest BCUT2D eigenvalue weighted by Crippen LogP contribution is -1.98. The fourth-order valence-corrected chi connectivity index (χ4v) is 1.13. The van der Waals surface area contributed by atoms with Crippen molar-refractivity contribution >= 4 is 0 Å². The molecule has 0 saturated heterocycles. The summed E-state index contributed by atoms with van der Waals surface area (Å²) in [6.07, 6.45) is 1.37. The van der Waals surface area contributed by atoms with E-state index in [0.29, 0.717) is 11.4 Å². The summed E-state index contributed by atoms with van der Waals surface area (Å²) in [4.78, 5) is 0. The number of phenols is 1. The van der Waals surface area contributed by atoms with Crippen molar-refractivity contribution in [2.75, 3.05) is 0 Å². The topological polar surface area (TPSA) is 74.7 Å². The zero-order chi connectivity index (χ0) is 9.97. The minimum absolute atomic E-state index is 0.127. The summed E-state index contributed by atoms with van der Waals surface area (Å²) >= 11 is 0. The van der Waals surface area contributed by atoms with Crippen LogP contribution in [0.3, 0.4) is 0 Å². The largest absolute Gasteiger partial charge is 0.508 e. The number of rotatable bonds is 1. The van der Waals surface area contributed by atoms with Gasteiger partial charge in [0.1, 0.15) is 11.8 Å². The molecule has 1 heterocycles. The second-order valence-electron chi connectivity index (χ2n) is 2.66. The molecule has 0 unspecified atom stereocenters. The van der Waals surface area contributed by atoms with Gasteiger partial charge in [-0.3, -0.25) is 0 Å². The highest BCUT2D eigenvalue weighted by molar-refractivity contribution is 5.40. The average molecular weight is 186 g/mol. The first kappa shape index (κ1) is 8.26. The molecule has 1 aromatic carbocycles. The molecule has 0 atom stereocenters. The van der Waals surface area contributed by atoms with Crippen LogP contribution in [0.15, 0.2) is 30.5 Å². The smallest absolute Gasteiger partial charge is 0.164 e. The van der Waals surface area contributed by atoms with Gasteiger partial charge in [0.25, 0.3) is 0 Å². The second kappa shape index (κ2) is 3.18. The first-order valence-electron chi connectivity index (χ1n) is 3.91. The van der Waals surface area contributed by atoms with E-state index in [1.165, 1.54) is 16.9 Å². The Balaban J connectivity index is 2.56. The third kappa shape index (κ3) is 1.29. The fraction of sp³-hybridized carbons (Fsp3) is 0. The normalized spacial score (nSPS) is 9.64. The molecule has 0 aliphatic heterocycles. The van der Waals surface area contributed by atoms with Crippen molar-refractivity contribution in [3.05, 3.63) is 36.2 Å². The Morgan fingerprint density at radius 1 is 1.43 bits per heavy atom. The van der Waals surface area contributed by atoms with Gasteiger partial charge in [-0.05, 0) is 12.1 Å². The van der Waals surface area contributed by atoms with Gasteiger partial charge in [-0.2, -0.15) is 5.26 Å². The Morgan fingerprint density at radius 2 is 2.29 bits per heavy atom. The van der Waals surface area contributed by atoms with Crippen molar-refractivity contribution in [2.45, 2.75) is 0 Å². The van der Waals surface area contributed by atoms with Crippen LogP contribution >= 0.6 is 0 Å². The molecule has 0 aliphatic rings. The van der Waals surface area contributed by atoms with E-state index in [9.17, 15) is 5.11 Å². The van der Waals surface area contributed by atoms with Gasteiger partial charge in [-0.25, -0.2) is 4.68 Å². The third-order valence-corrected chi connectivity index (χ3v) is 1.74. The van der Waals surface area contributed by atoms with Crippen LogP contribution in [0.4, 0.5) is 0 Å². The van der Waals surface area contributed by atoms with Gasteiger partial charge in [0.05, 0.1) is 11.9 Å². The molecule has 0 bridgehead atoms. The molecule has 5 nitrogen and oxygen atoms in total. The van der Waals surface area contributed by atoms with E-state index in [1.807, 2.05) is 6.07 Å². The monoisotopic (exact) mass is 186 g/mol. The van der Waals surface area contributed by atoms with Gasteiger partial charge in [0.2, 0.25) is 0 Å². The molecule has 14 heavy (non-hydrogen) atoms. The lowest BCUT2D eigenvalue weighted by molar-refractivity contribution is 0.474. The Bertz CT molecular complexity index is 498. The summed E-state index contributed by atoms with van der Waals surface area (Å²) in [5.41, 5.74) is 0.939. The Hall–Kier alpha value is -2.35. The van der Waals surface area contributed by atoms with E-state index in [4.69, 9.17) is 5.26 Å². The first-order valence-corrected chi connectivity index (χ1v) is 3.91. The molecule has 0 aliphatic carbocycles. The van der Waals surface area contributed by atoms with Gasteiger partial charge >= 0.3 is 0 Å². The molecule has 2 rings (SSSR count). The number of benzene rings is 1. The maximum Gasteiger partial charge on any atom is 0.164 e. The summed E-state index contributed by atoms with van der Waals surface area (Å²) in [5.74, 6) is 0.127. The van der Waals surface area contributed by atoms with Crippen LogP contribution in [0.2, 0.25) is 0 Å². The van der Waals surface area contributed by atoms with E-state index in [2.05, 4.69) is 10.3 Å². The molecular formula is C9H6N4O. The van der Waals surface area contributed by atoms with Crippen molar-refractivity contribution in [2.24, 2.45) is 0 Å².